The van der Waals surface area contributed by atoms with Gasteiger partial charge in [-0.3, -0.25) is 0 Å². The molecule has 0 aliphatic rings. The highest BCUT2D eigenvalue weighted by atomic mass is 79.9. The molecular formula is C30H26Br4. The number of hydrogen-bond acceptors (Lipinski definition) is 0. The lowest BCUT2D eigenvalue weighted by Crippen LogP contribution is -1.92. The lowest BCUT2D eigenvalue weighted by atomic mass is 9.95. The van der Waals surface area contributed by atoms with E-state index in [1.54, 1.807) is 0 Å². The molecule has 0 aliphatic heterocycles. The second-order valence-corrected chi connectivity index (χ2v) is 11.2. The van der Waals surface area contributed by atoms with Gasteiger partial charge in [-0.2, -0.15) is 0 Å². The molecule has 3 aromatic carbocycles. The van der Waals surface area contributed by atoms with Gasteiger partial charge in [0.05, 0.1) is 0 Å². The average molecular weight is 706 g/mol. The Kier molecular flexibility index (Phi) is 9.96. The molecule has 0 N–H and O–H groups in total. The molecule has 0 aliphatic carbocycles. The first kappa shape index (κ1) is 27.1. The van der Waals surface area contributed by atoms with E-state index in [4.69, 9.17) is 0 Å². The summed E-state index contributed by atoms with van der Waals surface area (Å²) >= 11 is 15.3. The van der Waals surface area contributed by atoms with Crippen LogP contribution in [0.5, 0.6) is 0 Å². The Bertz CT molecular complexity index is 1220. The van der Waals surface area contributed by atoms with E-state index in [1.165, 1.54) is 22.3 Å². The highest BCUT2D eigenvalue weighted by Crippen LogP contribution is 2.43. The quantitative estimate of drug-likeness (QED) is 0.239. The maximum Gasteiger partial charge on any atom is 0.0261 e. The van der Waals surface area contributed by atoms with Gasteiger partial charge in [-0.25, -0.2) is 0 Å². The molecule has 0 fully saturated rings. The van der Waals surface area contributed by atoms with Crippen LogP contribution in [0.2, 0.25) is 0 Å². The van der Waals surface area contributed by atoms with Crippen molar-refractivity contribution in [1.29, 1.82) is 0 Å². The molecule has 0 unspecified atom stereocenters. The largest absolute Gasteiger partial charge is 0.0870 e. The van der Waals surface area contributed by atoms with E-state index >= 15 is 0 Å². The number of allylic oxidation sites excluding steroid dienone is 4. The van der Waals surface area contributed by atoms with Gasteiger partial charge in [0.25, 0.3) is 0 Å². The van der Waals surface area contributed by atoms with Gasteiger partial charge >= 0.3 is 0 Å². The molecule has 0 atom stereocenters. The molecule has 0 spiro atoms. The second-order valence-electron chi connectivity index (χ2n) is 7.73. The average Bonchev–Trinajstić information content (AvgIpc) is 2.79. The Hall–Kier alpha value is -1.46. The molecule has 174 valence electrons. The summed E-state index contributed by atoms with van der Waals surface area (Å²) < 4.78 is 4.19. The first-order valence-corrected chi connectivity index (χ1v) is 14.2. The first-order chi connectivity index (χ1) is 16.3. The van der Waals surface area contributed by atoms with Crippen molar-refractivity contribution in [1.82, 2.24) is 0 Å². The van der Waals surface area contributed by atoms with Gasteiger partial charge in [-0.15, -0.1) is 0 Å². The lowest BCUT2D eigenvalue weighted by molar-refractivity contribution is 1.48. The van der Waals surface area contributed by atoms with E-state index in [9.17, 15) is 0 Å². The van der Waals surface area contributed by atoms with Crippen LogP contribution >= 0.6 is 63.7 Å². The first-order valence-electron chi connectivity index (χ1n) is 11.0. The fourth-order valence-corrected chi connectivity index (χ4v) is 6.14. The summed E-state index contributed by atoms with van der Waals surface area (Å²) in [5.74, 6) is 0. The Morgan fingerprint density at radius 3 is 0.912 bits per heavy atom. The van der Waals surface area contributed by atoms with Gasteiger partial charge < -0.3 is 0 Å². The zero-order chi connectivity index (χ0) is 24.8. The van der Waals surface area contributed by atoms with Crippen molar-refractivity contribution in [3.05, 3.63) is 101 Å². The zero-order valence-electron chi connectivity index (χ0n) is 19.6. The Balaban J connectivity index is 2.20. The standard InChI is InChI=1S/C30H26Br4/c1-5-9-19-13-23(27(31)15-21(19)11-7-3)25-17-30(34)26(18-29(25)33)24-14-20(10-6-2)22(12-8-4)16-28(24)32/h5-18H,1-4H3. The van der Waals surface area contributed by atoms with E-state index in [1.807, 2.05) is 27.7 Å². The molecule has 0 amide bonds. The number of benzene rings is 3. The Labute approximate surface area is 237 Å². The van der Waals surface area contributed by atoms with Gasteiger partial charge in [-0.05, 0) is 109 Å². The fourth-order valence-electron chi connectivity index (χ4n) is 3.88. The molecule has 3 rings (SSSR count). The van der Waals surface area contributed by atoms with Crippen LogP contribution in [0, 0.1) is 0 Å². The molecule has 0 saturated heterocycles. The van der Waals surface area contributed by atoms with Crippen molar-refractivity contribution >= 4 is 88.0 Å². The smallest absolute Gasteiger partial charge is 0.0261 e. The third kappa shape index (κ3) is 6.02. The Morgan fingerprint density at radius 2 is 0.618 bits per heavy atom. The molecule has 0 nitrogen and oxygen atoms in total. The van der Waals surface area contributed by atoms with Gasteiger partial charge in [-0.1, -0.05) is 112 Å². The minimum atomic E-state index is 1.04. The summed E-state index contributed by atoms with van der Waals surface area (Å²) in [7, 11) is 0. The van der Waals surface area contributed by atoms with Crippen LogP contribution in [-0.2, 0) is 0 Å². The predicted molar refractivity (Wildman–Crippen MR) is 167 cm³/mol. The summed E-state index contributed by atoms with van der Waals surface area (Å²) in [4.78, 5) is 0. The van der Waals surface area contributed by atoms with Crippen LogP contribution in [0.15, 0.2) is 78.6 Å². The predicted octanol–water partition coefficient (Wildman–Crippen LogP) is 12.2. The molecule has 0 aromatic heterocycles. The Morgan fingerprint density at radius 1 is 0.382 bits per heavy atom. The maximum atomic E-state index is 3.86. The van der Waals surface area contributed by atoms with Crippen molar-refractivity contribution in [3.63, 3.8) is 0 Å². The van der Waals surface area contributed by atoms with Gasteiger partial charge in [0, 0.05) is 17.9 Å². The molecular weight excluding hydrogens is 680 g/mol. The monoisotopic (exact) mass is 702 g/mol. The lowest BCUT2D eigenvalue weighted by Gasteiger charge is -2.16. The molecule has 4 heteroatoms. The van der Waals surface area contributed by atoms with Crippen molar-refractivity contribution in [2.45, 2.75) is 27.7 Å². The van der Waals surface area contributed by atoms with E-state index in [0.29, 0.717) is 0 Å². The summed E-state index contributed by atoms with van der Waals surface area (Å²) in [6.45, 7) is 8.17. The molecule has 0 heterocycles. The van der Waals surface area contributed by atoms with E-state index < -0.39 is 0 Å². The van der Waals surface area contributed by atoms with Crippen LogP contribution in [0.1, 0.15) is 49.9 Å². The normalized spacial score (nSPS) is 12.2. The number of halogens is 4. The van der Waals surface area contributed by atoms with Crippen LogP contribution in [0.3, 0.4) is 0 Å². The van der Waals surface area contributed by atoms with Crippen LogP contribution < -0.4 is 0 Å². The van der Waals surface area contributed by atoms with Crippen LogP contribution in [0.25, 0.3) is 46.6 Å². The number of hydrogen-bond donors (Lipinski definition) is 0. The van der Waals surface area contributed by atoms with Gasteiger partial charge in [0.2, 0.25) is 0 Å². The summed E-state index contributed by atoms with van der Waals surface area (Å²) in [6.07, 6.45) is 16.8. The van der Waals surface area contributed by atoms with Crippen molar-refractivity contribution in [3.8, 4) is 22.3 Å². The second kappa shape index (κ2) is 12.5. The van der Waals surface area contributed by atoms with Crippen LogP contribution in [-0.4, -0.2) is 0 Å². The van der Waals surface area contributed by atoms with Crippen molar-refractivity contribution in [2.75, 3.05) is 0 Å². The maximum absolute atomic E-state index is 3.86. The third-order valence-electron chi connectivity index (χ3n) is 5.37. The molecule has 0 bridgehead atoms. The topological polar surface area (TPSA) is 0 Å². The highest BCUT2D eigenvalue weighted by Gasteiger charge is 2.16. The molecule has 0 saturated carbocycles. The summed E-state index contributed by atoms with van der Waals surface area (Å²) in [5.41, 5.74) is 9.25. The number of rotatable bonds is 6. The minimum Gasteiger partial charge on any atom is -0.0870 e. The van der Waals surface area contributed by atoms with E-state index in [0.717, 1.165) is 40.1 Å². The summed E-state index contributed by atoms with van der Waals surface area (Å²) in [6, 6.07) is 13.2. The highest BCUT2D eigenvalue weighted by molar-refractivity contribution is 9.11. The van der Waals surface area contributed by atoms with Crippen molar-refractivity contribution < 1.29 is 0 Å². The van der Waals surface area contributed by atoms with Crippen LogP contribution in [0.4, 0.5) is 0 Å². The fraction of sp³-hybridized carbons (Fsp3) is 0.133. The molecule has 34 heavy (non-hydrogen) atoms. The zero-order valence-corrected chi connectivity index (χ0v) is 25.9. The summed E-state index contributed by atoms with van der Waals surface area (Å²) in [5, 5.41) is 0. The molecule has 0 radical (unpaired) electrons. The van der Waals surface area contributed by atoms with E-state index in [-0.39, 0.29) is 0 Å². The van der Waals surface area contributed by atoms with E-state index in [2.05, 4.69) is 149 Å². The molecule has 3 aromatic rings. The SMILES string of the molecule is CC=Cc1cc(Br)c(-c2cc(Br)c(-c3cc(C=CC)c(C=CC)cc3Br)cc2Br)cc1C=CC. The minimum absolute atomic E-state index is 1.04. The van der Waals surface area contributed by atoms with Gasteiger partial charge in [0.15, 0.2) is 0 Å². The van der Waals surface area contributed by atoms with Crippen molar-refractivity contribution in [2.24, 2.45) is 0 Å². The van der Waals surface area contributed by atoms with Gasteiger partial charge in [0.1, 0.15) is 0 Å². The third-order valence-corrected chi connectivity index (χ3v) is 7.99.